The predicted octanol–water partition coefficient (Wildman–Crippen LogP) is 1.79. The van der Waals surface area contributed by atoms with E-state index >= 15 is 0 Å². The standard InChI is InChI=1S/C11H19NO3S/c1-11(2,3)15-10(14)12-4-5-16-8-9(6-12)7-13/h7,9H,4-6,8H2,1-3H3/t9-/m1/s1. The number of nitrogens with zero attached hydrogens (tertiary/aromatic N) is 1. The summed E-state index contributed by atoms with van der Waals surface area (Å²) in [4.78, 5) is 24.2. The van der Waals surface area contributed by atoms with Crippen LogP contribution in [0.15, 0.2) is 0 Å². The fourth-order valence-electron chi connectivity index (χ4n) is 1.41. The molecule has 1 aliphatic rings. The number of hydrogen-bond donors (Lipinski definition) is 0. The second kappa shape index (κ2) is 5.57. The van der Waals surface area contributed by atoms with Crippen molar-refractivity contribution in [3.8, 4) is 0 Å². The highest BCUT2D eigenvalue weighted by Crippen LogP contribution is 2.17. The maximum absolute atomic E-state index is 11.8. The molecule has 5 heteroatoms. The molecule has 0 aromatic rings. The molecule has 16 heavy (non-hydrogen) atoms. The van der Waals surface area contributed by atoms with Crippen molar-refractivity contribution in [3.63, 3.8) is 0 Å². The van der Waals surface area contributed by atoms with E-state index < -0.39 is 5.60 Å². The molecule has 0 bridgehead atoms. The quantitative estimate of drug-likeness (QED) is 0.661. The first kappa shape index (κ1) is 13.4. The number of thioether (sulfide) groups is 1. The van der Waals surface area contributed by atoms with Crippen LogP contribution in [0, 0.1) is 5.92 Å². The topological polar surface area (TPSA) is 46.6 Å². The van der Waals surface area contributed by atoms with E-state index in [-0.39, 0.29) is 12.0 Å². The summed E-state index contributed by atoms with van der Waals surface area (Å²) in [6.45, 7) is 6.66. The zero-order chi connectivity index (χ0) is 12.2. The molecule has 1 aliphatic heterocycles. The summed E-state index contributed by atoms with van der Waals surface area (Å²) in [7, 11) is 0. The summed E-state index contributed by atoms with van der Waals surface area (Å²) in [6.07, 6.45) is 0.609. The lowest BCUT2D eigenvalue weighted by molar-refractivity contribution is -0.110. The van der Waals surface area contributed by atoms with Crippen LogP contribution in [0.5, 0.6) is 0 Å². The molecule has 0 N–H and O–H groups in total. The molecule has 1 rings (SSSR count). The van der Waals surface area contributed by atoms with Crippen LogP contribution in [-0.4, -0.2) is 47.5 Å². The second-order valence-electron chi connectivity index (χ2n) is 4.90. The van der Waals surface area contributed by atoms with Crippen molar-refractivity contribution in [1.29, 1.82) is 0 Å². The molecule has 1 saturated heterocycles. The Morgan fingerprint density at radius 1 is 1.50 bits per heavy atom. The third-order valence-corrected chi connectivity index (χ3v) is 3.27. The van der Waals surface area contributed by atoms with Crippen molar-refractivity contribution in [2.24, 2.45) is 5.92 Å². The molecule has 0 aromatic heterocycles. The minimum absolute atomic E-state index is 0.0694. The molecule has 1 heterocycles. The monoisotopic (exact) mass is 245 g/mol. The summed E-state index contributed by atoms with van der Waals surface area (Å²) < 4.78 is 5.29. The molecule has 4 nitrogen and oxygen atoms in total. The van der Waals surface area contributed by atoms with Crippen LogP contribution in [0.2, 0.25) is 0 Å². The Morgan fingerprint density at radius 2 is 2.19 bits per heavy atom. The molecule has 1 fully saturated rings. The first-order valence-electron chi connectivity index (χ1n) is 5.43. The Bertz CT molecular complexity index is 262. The summed E-state index contributed by atoms with van der Waals surface area (Å²) in [6, 6.07) is 0. The molecule has 0 spiro atoms. The molecule has 0 saturated carbocycles. The summed E-state index contributed by atoms with van der Waals surface area (Å²) >= 11 is 1.71. The van der Waals surface area contributed by atoms with Crippen LogP contribution in [0.1, 0.15) is 20.8 Å². The second-order valence-corrected chi connectivity index (χ2v) is 6.05. The minimum atomic E-state index is -0.479. The van der Waals surface area contributed by atoms with Crippen LogP contribution in [0.4, 0.5) is 4.79 Å². The van der Waals surface area contributed by atoms with E-state index in [0.717, 1.165) is 17.8 Å². The highest BCUT2D eigenvalue weighted by Gasteiger charge is 2.26. The van der Waals surface area contributed by atoms with Gasteiger partial charge in [0.1, 0.15) is 11.9 Å². The molecule has 0 aliphatic carbocycles. The Hall–Kier alpha value is -0.710. The van der Waals surface area contributed by atoms with Gasteiger partial charge in [-0.25, -0.2) is 4.79 Å². The van der Waals surface area contributed by atoms with Gasteiger partial charge in [0.15, 0.2) is 0 Å². The molecule has 1 atom stereocenters. The Kier molecular flexibility index (Phi) is 4.65. The van der Waals surface area contributed by atoms with E-state index in [2.05, 4.69) is 0 Å². The van der Waals surface area contributed by atoms with E-state index in [9.17, 15) is 9.59 Å². The van der Waals surface area contributed by atoms with Gasteiger partial charge in [-0.1, -0.05) is 0 Å². The zero-order valence-corrected chi connectivity index (χ0v) is 10.9. The number of rotatable bonds is 1. The van der Waals surface area contributed by atoms with Crippen molar-refractivity contribution >= 4 is 24.1 Å². The molecule has 1 amide bonds. The smallest absolute Gasteiger partial charge is 0.410 e. The summed E-state index contributed by atoms with van der Waals surface area (Å²) in [5.41, 5.74) is -0.479. The fraction of sp³-hybridized carbons (Fsp3) is 0.818. The number of amides is 1. The van der Waals surface area contributed by atoms with Crippen LogP contribution < -0.4 is 0 Å². The van der Waals surface area contributed by atoms with Gasteiger partial charge in [0, 0.05) is 30.5 Å². The van der Waals surface area contributed by atoms with Gasteiger partial charge in [0.05, 0.1) is 0 Å². The Morgan fingerprint density at radius 3 is 2.75 bits per heavy atom. The lowest BCUT2D eigenvalue weighted by Crippen LogP contribution is -2.40. The van der Waals surface area contributed by atoms with Gasteiger partial charge in [-0.05, 0) is 20.8 Å². The van der Waals surface area contributed by atoms with E-state index in [1.54, 1.807) is 16.7 Å². The van der Waals surface area contributed by atoms with Gasteiger partial charge in [-0.2, -0.15) is 11.8 Å². The lowest BCUT2D eigenvalue weighted by atomic mass is 10.2. The third-order valence-electron chi connectivity index (χ3n) is 2.14. The SMILES string of the molecule is CC(C)(C)OC(=O)N1CCSC[C@@H](C=O)C1. The van der Waals surface area contributed by atoms with Gasteiger partial charge >= 0.3 is 6.09 Å². The van der Waals surface area contributed by atoms with Gasteiger partial charge < -0.3 is 14.4 Å². The Balaban J connectivity index is 2.56. The van der Waals surface area contributed by atoms with Crippen molar-refractivity contribution in [1.82, 2.24) is 4.90 Å². The van der Waals surface area contributed by atoms with Crippen LogP contribution >= 0.6 is 11.8 Å². The van der Waals surface area contributed by atoms with Crippen molar-refractivity contribution in [3.05, 3.63) is 0 Å². The summed E-state index contributed by atoms with van der Waals surface area (Å²) in [5, 5.41) is 0. The van der Waals surface area contributed by atoms with Gasteiger partial charge in [0.2, 0.25) is 0 Å². The molecular weight excluding hydrogens is 226 g/mol. The average Bonchev–Trinajstić information content (AvgIpc) is 2.39. The molecule has 0 radical (unpaired) electrons. The largest absolute Gasteiger partial charge is 0.444 e. The highest BCUT2D eigenvalue weighted by molar-refractivity contribution is 7.99. The maximum atomic E-state index is 11.8. The van der Waals surface area contributed by atoms with E-state index in [0.29, 0.717) is 13.1 Å². The molecule has 0 aromatic carbocycles. The van der Waals surface area contributed by atoms with E-state index in [4.69, 9.17) is 4.74 Å². The molecule has 0 unspecified atom stereocenters. The molecular formula is C11H19NO3S. The van der Waals surface area contributed by atoms with Crippen LogP contribution in [0.25, 0.3) is 0 Å². The molecule has 92 valence electrons. The number of carbonyl (C=O) groups excluding carboxylic acids is 2. The number of aldehydes is 1. The number of carbonyl (C=O) groups is 2. The van der Waals surface area contributed by atoms with Crippen molar-refractivity contribution in [2.45, 2.75) is 26.4 Å². The van der Waals surface area contributed by atoms with E-state index in [1.807, 2.05) is 20.8 Å². The first-order chi connectivity index (χ1) is 7.42. The number of ether oxygens (including phenoxy) is 1. The van der Waals surface area contributed by atoms with Gasteiger partial charge in [0.25, 0.3) is 0 Å². The third kappa shape index (κ3) is 4.43. The van der Waals surface area contributed by atoms with Gasteiger partial charge in [-0.15, -0.1) is 0 Å². The fourth-order valence-corrected chi connectivity index (χ4v) is 2.41. The van der Waals surface area contributed by atoms with Crippen molar-refractivity contribution in [2.75, 3.05) is 24.6 Å². The highest BCUT2D eigenvalue weighted by atomic mass is 32.2. The normalized spacial score (nSPS) is 22.4. The number of hydrogen-bond acceptors (Lipinski definition) is 4. The van der Waals surface area contributed by atoms with Crippen molar-refractivity contribution < 1.29 is 14.3 Å². The first-order valence-corrected chi connectivity index (χ1v) is 6.59. The predicted molar refractivity (Wildman–Crippen MR) is 64.7 cm³/mol. The zero-order valence-electron chi connectivity index (χ0n) is 10.1. The average molecular weight is 245 g/mol. The lowest BCUT2D eigenvalue weighted by Gasteiger charge is -2.27. The van der Waals surface area contributed by atoms with Gasteiger partial charge in [-0.3, -0.25) is 0 Å². The van der Waals surface area contributed by atoms with Crippen LogP contribution in [0.3, 0.4) is 0 Å². The minimum Gasteiger partial charge on any atom is -0.444 e. The van der Waals surface area contributed by atoms with E-state index in [1.165, 1.54) is 0 Å². The Labute approximate surface area is 101 Å². The maximum Gasteiger partial charge on any atom is 0.410 e. The summed E-state index contributed by atoms with van der Waals surface area (Å²) in [5.74, 6) is 1.59. The van der Waals surface area contributed by atoms with Crippen LogP contribution in [-0.2, 0) is 9.53 Å².